The Morgan fingerprint density at radius 3 is 3.08 bits per heavy atom. The van der Waals surface area contributed by atoms with Gasteiger partial charge in [0.15, 0.2) is 0 Å². The van der Waals surface area contributed by atoms with E-state index in [1.54, 1.807) is 12.1 Å². The molecule has 0 saturated carbocycles. The van der Waals surface area contributed by atoms with Crippen molar-refractivity contribution in [2.45, 2.75) is 6.10 Å². The largest absolute Gasteiger partial charge is 0.477 e. The summed E-state index contributed by atoms with van der Waals surface area (Å²) >= 11 is 0. The van der Waals surface area contributed by atoms with Crippen molar-refractivity contribution < 1.29 is 14.6 Å². The third-order valence-electron chi connectivity index (χ3n) is 1.71. The Labute approximate surface area is 68.8 Å². The minimum Gasteiger partial charge on any atom is -0.477 e. The molecule has 4 heteroatoms. The lowest BCUT2D eigenvalue weighted by Crippen LogP contribution is -2.00. The van der Waals surface area contributed by atoms with Crippen LogP contribution in [-0.2, 0) is 4.74 Å². The summed E-state index contributed by atoms with van der Waals surface area (Å²) in [5.41, 5.74) is 0.963. The van der Waals surface area contributed by atoms with Crippen LogP contribution in [0, 0.1) is 0 Å². The fourth-order valence-corrected chi connectivity index (χ4v) is 1.00. The van der Waals surface area contributed by atoms with Crippen LogP contribution in [0.25, 0.3) is 0 Å². The van der Waals surface area contributed by atoms with Gasteiger partial charge in [0.05, 0.1) is 6.61 Å². The number of hydrogen-bond donors (Lipinski definition) is 1. The van der Waals surface area contributed by atoms with Crippen molar-refractivity contribution in [3.63, 3.8) is 0 Å². The monoisotopic (exact) mass is 165 g/mol. The van der Waals surface area contributed by atoms with Crippen molar-refractivity contribution in [3.8, 4) is 0 Å². The second kappa shape index (κ2) is 2.57. The number of aromatic nitrogens is 1. The summed E-state index contributed by atoms with van der Waals surface area (Å²) in [6, 6.07) is 3.31. The minimum atomic E-state index is -1.00. The molecule has 0 bridgehead atoms. The SMILES string of the molecule is O=C(O)c1cc(C2CO2)ccn1. The molecule has 1 N–H and O–H groups in total. The van der Waals surface area contributed by atoms with E-state index in [9.17, 15) is 4.79 Å². The van der Waals surface area contributed by atoms with Crippen LogP contribution in [0.3, 0.4) is 0 Å². The molecule has 0 amide bonds. The van der Waals surface area contributed by atoms with E-state index in [1.165, 1.54) is 6.20 Å². The minimum absolute atomic E-state index is 0.0722. The number of hydrogen-bond acceptors (Lipinski definition) is 3. The number of epoxide rings is 1. The van der Waals surface area contributed by atoms with Crippen LogP contribution in [0.15, 0.2) is 18.3 Å². The van der Waals surface area contributed by atoms with Crippen LogP contribution >= 0.6 is 0 Å². The number of nitrogens with zero attached hydrogens (tertiary/aromatic N) is 1. The first kappa shape index (κ1) is 7.24. The number of rotatable bonds is 2. The highest BCUT2D eigenvalue weighted by Crippen LogP contribution is 2.29. The fourth-order valence-electron chi connectivity index (χ4n) is 1.00. The molecule has 0 aliphatic carbocycles. The topological polar surface area (TPSA) is 62.7 Å². The van der Waals surface area contributed by atoms with Crippen molar-refractivity contribution >= 4 is 5.97 Å². The summed E-state index contributed by atoms with van der Waals surface area (Å²) in [5, 5.41) is 8.61. The molecule has 1 unspecified atom stereocenters. The van der Waals surface area contributed by atoms with E-state index >= 15 is 0 Å². The molecule has 4 nitrogen and oxygen atoms in total. The number of pyridine rings is 1. The zero-order chi connectivity index (χ0) is 8.55. The van der Waals surface area contributed by atoms with Crippen LogP contribution in [-0.4, -0.2) is 22.7 Å². The predicted octanol–water partition coefficient (Wildman–Crippen LogP) is 0.851. The van der Waals surface area contributed by atoms with E-state index in [2.05, 4.69) is 4.98 Å². The van der Waals surface area contributed by atoms with Crippen molar-refractivity contribution in [1.82, 2.24) is 4.98 Å². The standard InChI is InChI=1S/C8H7NO3/c10-8(11)6-3-5(1-2-9-6)7-4-12-7/h1-3,7H,4H2,(H,10,11). The zero-order valence-electron chi connectivity index (χ0n) is 6.23. The van der Waals surface area contributed by atoms with Crippen LogP contribution < -0.4 is 0 Å². The summed E-state index contributed by atoms with van der Waals surface area (Å²) in [7, 11) is 0. The van der Waals surface area contributed by atoms with E-state index in [1.807, 2.05) is 0 Å². The highest BCUT2D eigenvalue weighted by molar-refractivity contribution is 5.85. The van der Waals surface area contributed by atoms with Crippen LogP contribution in [0.5, 0.6) is 0 Å². The van der Waals surface area contributed by atoms with Crippen LogP contribution in [0.1, 0.15) is 22.2 Å². The van der Waals surface area contributed by atoms with Gasteiger partial charge in [-0.2, -0.15) is 0 Å². The molecule has 0 radical (unpaired) electrons. The Hall–Kier alpha value is -1.42. The van der Waals surface area contributed by atoms with Gasteiger partial charge in [0.25, 0.3) is 0 Å². The van der Waals surface area contributed by atoms with Crippen molar-refractivity contribution in [3.05, 3.63) is 29.6 Å². The first-order valence-electron chi connectivity index (χ1n) is 3.58. The second-order valence-electron chi connectivity index (χ2n) is 2.60. The molecule has 1 saturated heterocycles. The van der Waals surface area contributed by atoms with Crippen LogP contribution in [0.4, 0.5) is 0 Å². The first-order chi connectivity index (χ1) is 5.77. The number of carboxylic acid groups (broad SMARTS) is 1. The Bertz CT molecular complexity index is 320. The van der Waals surface area contributed by atoms with E-state index in [-0.39, 0.29) is 11.8 Å². The quantitative estimate of drug-likeness (QED) is 0.660. The highest BCUT2D eigenvalue weighted by atomic mass is 16.6. The van der Waals surface area contributed by atoms with Crippen molar-refractivity contribution in [2.75, 3.05) is 6.61 Å². The van der Waals surface area contributed by atoms with Gasteiger partial charge < -0.3 is 9.84 Å². The molecule has 12 heavy (non-hydrogen) atoms. The summed E-state index contributed by atoms with van der Waals surface area (Å²) in [6.07, 6.45) is 1.58. The molecule has 1 atom stereocenters. The first-order valence-corrected chi connectivity index (χ1v) is 3.58. The molecule has 1 aliphatic rings. The second-order valence-corrected chi connectivity index (χ2v) is 2.60. The molecule has 1 aromatic rings. The fraction of sp³-hybridized carbons (Fsp3) is 0.250. The molecule has 0 aromatic carbocycles. The predicted molar refractivity (Wildman–Crippen MR) is 39.9 cm³/mol. The molecule has 2 heterocycles. The number of aromatic carboxylic acids is 1. The molecule has 1 aliphatic heterocycles. The Morgan fingerprint density at radius 1 is 1.75 bits per heavy atom. The van der Waals surface area contributed by atoms with Gasteiger partial charge in [0.2, 0.25) is 0 Å². The molecule has 2 rings (SSSR count). The molecule has 1 aromatic heterocycles. The zero-order valence-corrected chi connectivity index (χ0v) is 6.23. The van der Waals surface area contributed by atoms with E-state index < -0.39 is 5.97 Å². The molecule has 1 fully saturated rings. The average Bonchev–Trinajstić information content (AvgIpc) is 2.87. The molecule has 62 valence electrons. The van der Waals surface area contributed by atoms with Gasteiger partial charge in [-0.25, -0.2) is 9.78 Å². The van der Waals surface area contributed by atoms with Gasteiger partial charge in [0, 0.05) is 6.20 Å². The van der Waals surface area contributed by atoms with Crippen molar-refractivity contribution in [1.29, 1.82) is 0 Å². The van der Waals surface area contributed by atoms with Gasteiger partial charge >= 0.3 is 5.97 Å². The maximum atomic E-state index is 10.5. The lowest BCUT2D eigenvalue weighted by atomic mass is 10.2. The number of carbonyl (C=O) groups is 1. The normalized spacial score (nSPS) is 20.5. The van der Waals surface area contributed by atoms with Crippen molar-refractivity contribution in [2.24, 2.45) is 0 Å². The molecular formula is C8H7NO3. The Morgan fingerprint density at radius 2 is 2.50 bits per heavy atom. The lowest BCUT2D eigenvalue weighted by molar-refractivity contribution is 0.0690. The smallest absolute Gasteiger partial charge is 0.354 e. The highest BCUT2D eigenvalue weighted by Gasteiger charge is 2.25. The molecular weight excluding hydrogens is 158 g/mol. The Kier molecular flexibility index (Phi) is 1.55. The molecule has 0 spiro atoms. The van der Waals surface area contributed by atoms with Gasteiger partial charge in [-0.3, -0.25) is 0 Å². The van der Waals surface area contributed by atoms with E-state index in [0.717, 1.165) is 5.56 Å². The average molecular weight is 165 g/mol. The van der Waals surface area contributed by atoms with Gasteiger partial charge in [-0.15, -0.1) is 0 Å². The van der Waals surface area contributed by atoms with Gasteiger partial charge in [-0.1, -0.05) is 0 Å². The van der Waals surface area contributed by atoms with E-state index in [0.29, 0.717) is 6.61 Å². The third kappa shape index (κ3) is 1.29. The number of ether oxygens (including phenoxy) is 1. The van der Waals surface area contributed by atoms with E-state index in [4.69, 9.17) is 9.84 Å². The number of carboxylic acids is 1. The maximum absolute atomic E-state index is 10.5. The maximum Gasteiger partial charge on any atom is 0.354 e. The van der Waals surface area contributed by atoms with Crippen LogP contribution in [0.2, 0.25) is 0 Å². The summed E-state index contributed by atoms with van der Waals surface area (Å²) < 4.78 is 5.01. The van der Waals surface area contributed by atoms with Gasteiger partial charge in [-0.05, 0) is 17.7 Å². The summed E-state index contributed by atoms with van der Waals surface area (Å²) in [5.74, 6) is -1.00. The Balaban J connectivity index is 2.32. The summed E-state index contributed by atoms with van der Waals surface area (Å²) in [6.45, 7) is 0.684. The van der Waals surface area contributed by atoms with Gasteiger partial charge in [0.1, 0.15) is 11.8 Å². The third-order valence-corrected chi connectivity index (χ3v) is 1.71. The summed E-state index contributed by atoms with van der Waals surface area (Å²) in [4.78, 5) is 14.2. The lowest BCUT2D eigenvalue weighted by Gasteiger charge is -1.96.